The van der Waals surface area contributed by atoms with Crippen molar-refractivity contribution in [1.82, 2.24) is 10.2 Å². The molecule has 1 aromatic rings. The summed E-state index contributed by atoms with van der Waals surface area (Å²) in [5, 5.41) is 3.58. The molecule has 0 aliphatic carbocycles. The van der Waals surface area contributed by atoms with Crippen LogP contribution in [0.3, 0.4) is 0 Å². The highest BCUT2D eigenvalue weighted by Crippen LogP contribution is 2.26. The molecule has 0 spiro atoms. The molecule has 1 amide bonds. The van der Waals surface area contributed by atoms with Gasteiger partial charge in [0.05, 0.1) is 10.6 Å². The molecule has 1 aliphatic rings. The van der Waals surface area contributed by atoms with Crippen LogP contribution in [0.25, 0.3) is 0 Å². The number of piperidine rings is 1. The Balaban J connectivity index is 1.95. The predicted molar refractivity (Wildman–Crippen MR) is 91.0 cm³/mol. The number of nitrogens with zero attached hydrogens (tertiary/aromatic N) is 1. The van der Waals surface area contributed by atoms with Gasteiger partial charge in [0.2, 0.25) is 0 Å². The van der Waals surface area contributed by atoms with Crippen LogP contribution in [-0.4, -0.2) is 35.5 Å². The van der Waals surface area contributed by atoms with Gasteiger partial charge < -0.3 is 5.32 Å². The number of likely N-dealkylation sites (tertiary alicyclic amines) is 1. The summed E-state index contributed by atoms with van der Waals surface area (Å²) in [4.78, 5) is 14.8. The summed E-state index contributed by atoms with van der Waals surface area (Å²) >= 11 is 9.52. The van der Waals surface area contributed by atoms with Crippen molar-refractivity contribution in [3.05, 3.63) is 33.3 Å². The monoisotopic (exact) mass is 372 g/mol. The number of carbonyl (C=O) groups is 1. The van der Waals surface area contributed by atoms with Gasteiger partial charge in [-0.1, -0.05) is 17.7 Å². The fourth-order valence-electron chi connectivity index (χ4n) is 2.64. The maximum absolute atomic E-state index is 12.3. The molecule has 3 nitrogen and oxygen atoms in total. The Morgan fingerprint density at radius 2 is 1.95 bits per heavy atom. The largest absolute Gasteiger partial charge is 0.349 e. The maximum atomic E-state index is 12.3. The highest BCUT2D eigenvalue weighted by atomic mass is 79.9. The van der Waals surface area contributed by atoms with E-state index >= 15 is 0 Å². The second-order valence-corrected chi connectivity index (χ2v) is 7.74. The van der Waals surface area contributed by atoms with E-state index in [0.29, 0.717) is 10.6 Å². The minimum absolute atomic E-state index is 0.0875. The normalized spacial score (nSPS) is 17.8. The third kappa shape index (κ3) is 4.21. The molecule has 1 aromatic carbocycles. The number of hydrogen-bond donors (Lipinski definition) is 1. The second kappa shape index (κ2) is 6.67. The molecule has 1 N–H and O–H groups in total. The van der Waals surface area contributed by atoms with Crippen molar-refractivity contribution in [2.75, 3.05) is 13.1 Å². The van der Waals surface area contributed by atoms with Gasteiger partial charge in [-0.05, 0) is 61.7 Å². The number of nitrogens with one attached hydrogen (secondary N) is 1. The number of halogens is 2. The van der Waals surface area contributed by atoms with E-state index in [1.165, 1.54) is 0 Å². The maximum Gasteiger partial charge on any atom is 0.253 e. The average molecular weight is 374 g/mol. The molecule has 0 aromatic heterocycles. The Morgan fingerprint density at radius 3 is 2.52 bits per heavy atom. The number of amides is 1. The van der Waals surface area contributed by atoms with Crippen molar-refractivity contribution < 1.29 is 4.79 Å². The molecule has 0 radical (unpaired) electrons. The van der Waals surface area contributed by atoms with Crippen molar-refractivity contribution in [3.63, 3.8) is 0 Å². The lowest BCUT2D eigenvalue weighted by Gasteiger charge is -2.41. The Kier molecular flexibility index (Phi) is 5.33. The average Bonchev–Trinajstić information content (AvgIpc) is 2.41. The van der Waals surface area contributed by atoms with Crippen LogP contribution in [0.4, 0.5) is 0 Å². The first kappa shape index (κ1) is 16.8. The summed E-state index contributed by atoms with van der Waals surface area (Å²) in [5.74, 6) is -0.0875. The van der Waals surface area contributed by atoms with Crippen LogP contribution in [0.5, 0.6) is 0 Å². The van der Waals surface area contributed by atoms with E-state index in [4.69, 9.17) is 11.6 Å². The minimum atomic E-state index is -0.0875. The van der Waals surface area contributed by atoms with Gasteiger partial charge >= 0.3 is 0 Å². The number of rotatable bonds is 2. The molecule has 116 valence electrons. The smallest absolute Gasteiger partial charge is 0.253 e. The SMILES string of the molecule is CC(C)(C)N1CCC(NC(=O)c2cccc(Br)c2Cl)CC1. The molecular weight excluding hydrogens is 352 g/mol. The quantitative estimate of drug-likeness (QED) is 0.846. The van der Waals surface area contributed by atoms with E-state index in [2.05, 4.69) is 46.9 Å². The summed E-state index contributed by atoms with van der Waals surface area (Å²) < 4.78 is 0.749. The summed E-state index contributed by atoms with van der Waals surface area (Å²) in [6.07, 6.45) is 1.96. The zero-order valence-corrected chi connectivity index (χ0v) is 15.1. The van der Waals surface area contributed by atoms with Gasteiger partial charge in [0.15, 0.2) is 0 Å². The number of carbonyl (C=O) groups excluding carboxylic acids is 1. The zero-order chi connectivity index (χ0) is 15.6. The lowest BCUT2D eigenvalue weighted by atomic mass is 9.98. The molecule has 1 heterocycles. The topological polar surface area (TPSA) is 32.3 Å². The molecule has 2 rings (SSSR count). The van der Waals surface area contributed by atoms with Crippen LogP contribution in [0.15, 0.2) is 22.7 Å². The van der Waals surface area contributed by atoms with Crippen molar-refractivity contribution in [1.29, 1.82) is 0 Å². The lowest BCUT2D eigenvalue weighted by molar-refractivity contribution is 0.0812. The molecule has 21 heavy (non-hydrogen) atoms. The third-order valence-corrected chi connectivity index (χ3v) is 5.27. The Morgan fingerprint density at radius 1 is 1.33 bits per heavy atom. The summed E-state index contributed by atoms with van der Waals surface area (Å²) in [6, 6.07) is 5.65. The third-order valence-electron chi connectivity index (χ3n) is 3.98. The van der Waals surface area contributed by atoms with E-state index < -0.39 is 0 Å². The van der Waals surface area contributed by atoms with Crippen molar-refractivity contribution >= 4 is 33.4 Å². The minimum Gasteiger partial charge on any atom is -0.349 e. The van der Waals surface area contributed by atoms with Crippen LogP contribution in [-0.2, 0) is 0 Å². The first-order chi connectivity index (χ1) is 9.79. The van der Waals surface area contributed by atoms with Gasteiger partial charge in [0, 0.05) is 29.1 Å². The molecular formula is C16H22BrClN2O. The molecule has 1 aliphatic heterocycles. The van der Waals surface area contributed by atoms with Crippen molar-refractivity contribution in [3.8, 4) is 0 Å². The Labute approximate surface area is 140 Å². The molecule has 0 unspecified atom stereocenters. The van der Waals surface area contributed by atoms with Gasteiger partial charge in [-0.3, -0.25) is 9.69 Å². The predicted octanol–water partition coefficient (Wildman–Crippen LogP) is 4.10. The zero-order valence-electron chi connectivity index (χ0n) is 12.7. The van der Waals surface area contributed by atoms with E-state index in [9.17, 15) is 4.79 Å². The van der Waals surface area contributed by atoms with E-state index in [0.717, 1.165) is 30.4 Å². The molecule has 0 saturated carbocycles. The van der Waals surface area contributed by atoms with E-state index in [-0.39, 0.29) is 17.5 Å². The fraction of sp³-hybridized carbons (Fsp3) is 0.562. The Bertz CT molecular complexity index is 519. The van der Waals surface area contributed by atoms with Crippen molar-refractivity contribution in [2.45, 2.75) is 45.2 Å². The molecule has 5 heteroatoms. The first-order valence-electron chi connectivity index (χ1n) is 7.29. The van der Waals surface area contributed by atoms with Crippen molar-refractivity contribution in [2.24, 2.45) is 0 Å². The van der Waals surface area contributed by atoms with Gasteiger partial charge in [0.1, 0.15) is 0 Å². The summed E-state index contributed by atoms with van der Waals surface area (Å²) in [6.45, 7) is 8.72. The summed E-state index contributed by atoms with van der Waals surface area (Å²) in [7, 11) is 0. The fourth-order valence-corrected chi connectivity index (χ4v) is 3.21. The number of hydrogen-bond acceptors (Lipinski definition) is 2. The molecule has 1 saturated heterocycles. The van der Waals surface area contributed by atoms with Crippen LogP contribution in [0, 0.1) is 0 Å². The van der Waals surface area contributed by atoms with Gasteiger partial charge in [0.25, 0.3) is 5.91 Å². The van der Waals surface area contributed by atoms with Gasteiger partial charge in [-0.2, -0.15) is 0 Å². The Hall–Kier alpha value is -0.580. The number of benzene rings is 1. The standard InChI is InChI=1S/C16H22BrClN2O/c1-16(2,3)20-9-7-11(8-10-20)19-15(21)12-5-4-6-13(17)14(12)18/h4-6,11H,7-10H2,1-3H3,(H,19,21). The van der Waals surface area contributed by atoms with E-state index in [1.54, 1.807) is 6.07 Å². The summed E-state index contributed by atoms with van der Waals surface area (Å²) in [5.41, 5.74) is 0.729. The van der Waals surface area contributed by atoms with Gasteiger partial charge in [-0.25, -0.2) is 0 Å². The lowest BCUT2D eigenvalue weighted by Crippen LogP contribution is -2.50. The van der Waals surface area contributed by atoms with Crippen LogP contribution >= 0.6 is 27.5 Å². The molecule has 0 bridgehead atoms. The highest BCUT2D eigenvalue weighted by Gasteiger charge is 2.28. The molecule has 0 atom stereocenters. The van der Waals surface area contributed by atoms with Crippen LogP contribution in [0.1, 0.15) is 44.0 Å². The van der Waals surface area contributed by atoms with Gasteiger partial charge in [-0.15, -0.1) is 0 Å². The first-order valence-corrected chi connectivity index (χ1v) is 8.46. The second-order valence-electron chi connectivity index (χ2n) is 6.51. The molecule has 1 fully saturated rings. The van der Waals surface area contributed by atoms with Crippen LogP contribution in [0.2, 0.25) is 5.02 Å². The van der Waals surface area contributed by atoms with Crippen LogP contribution < -0.4 is 5.32 Å². The van der Waals surface area contributed by atoms with E-state index in [1.807, 2.05) is 12.1 Å². The highest BCUT2D eigenvalue weighted by molar-refractivity contribution is 9.10.